The van der Waals surface area contributed by atoms with E-state index in [4.69, 9.17) is 0 Å². The summed E-state index contributed by atoms with van der Waals surface area (Å²) in [5, 5.41) is 0. The third-order valence-corrected chi connectivity index (χ3v) is 3.31. The summed E-state index contributed by atoms with van der Waals surface area (Å²) in [6, 6.07) is 0. The summed E-state index contributed by atoms with van der Waals surface area (Å²) in [7, 11) is 0. The van der Waals surface area contributed by atoms with Gasteiger partial charge in [0.15, 0.2) is 0 Å². The minimum Gasteiger partial charge on any atom is -0.370 e. The largest absolute Gasteiger partial charge is 0.370 e. The molecule has 62 valence electrons. The highest BCUT2D eigenvalue weighted by Gasteiger charge is 2.39. The van der Waals surface area contributed by atoms with Crippen molar-refractivity contribution in [1.82, 2.24) is 4.90 Å². The number of allylic oxidation sites excluding steroid dienone is 1. The summed E-state index contributed by atoms with van der Waals surface area (Å²) >= 11 is 0. The SMILES string of the molecule is C=C1CCCN1C1(C)CCC1. The molecule has 1 aliphatic carbocycles. The van der Waals surface area contributed by atoms with Crippen LogP contribution in [0.5, 0.6) is 0 Å². The Kier molecular flexibility index (Phi) is 1.48. The summed E-state index contributed by atoms with van der Waals surface area (Å²) in [6.45, 7) is 7.75. The van der Waals surface area contributed by atoms with Gasteiger partial charge in [0.25, 0.3) is 0 Å². The third kappa shape index (κ3) is 0.979. The molecule has 1 nitrogen and oxygen atoms in total. The molecule has 0 aromatic carbocycles. The second kappa shape index (κ2) is 2.26. The minimum absolute atomic E-state index is 0.508. The smallest absolute Gasteiger partial charge is 0.0371 e. The molecule has 2 fully saturated rings. The summed E-state index contributed by atoms with van der Waals surface area (Å²) in [5.74, 6) is 0. The molecule has 1 aliphatic heterocycles. The van der Waals surface area contributed by atoms with Gasteiger partial charge in [0.05, 0.1) is 0 Å². The maximum Gasteiger partial charge on any atom is 0.0371 e. The van der Waals surface area contributed by atoms with E-state index in [-0.39, 0.29) is 0 Å². The predicted molar refractivity (Wildman–Crippen MR) is 47.3 cm³/mol. The summed E-state index contributed by atoms with van der Waals surface area (Å²) in [6.07, 6.45) is 6.74. The van der Waals surface area contributed by atoms with Crippen molar-refractivity contribution in [3.05, 3.63) is 12.3 Å². The van der Waals surface area contributed by atoms with Gasteiger partial charge in [-0.2, -0.15) is 0 Å². The number of hydrogen-bond donors (Lipinski definition) is 0. The van der Waals surface area contributed by atoms with Crippen molar-refractivity contribution in [1.29, 1.82) is 0 Å². The monoisotopic (exact) mass is 151 g/mol. The average molecular weight is 151 g/mol. The van der Waals surface area contributed by atoms with Crippen LogP contribution in [0.2, 0.25) is 0 Å². The molecule has 0 amide bonds. The number of likely N-dealkylation sites (tertiary alicyclic amines) is 1. The van der Waals surface area contributed by atoms with Gasteiger partial charge in [-0.1, -0.05) is 6.58 Å². The Labute approximate surface area is 69.1 Å². The summed E-state index contributed by atoms with van der Waals surface area (Å²) in [4.78, 5) is 2.54. The van der Waals surface area contributed by atoms with Gasteiger partial charge in [-0.15, -0.1) is 0 Å². The second-order valence-electron chi connectivity index (χ2n) is 4.17. The molecule has 2 rings (SSSR count). The lowest BCUT2D eigenvalue weighted by Gasteiger charge is -2.48. The molecule has 1 heteroatoms. The Balaban J connectivity index is 2.08. The number of nitrogens with zero attached hydrogens (tertiary/aromatic N) is 1. The van der Waals surface area contributed by atoms with Crippen LogP contribution in [0.4, 0.5) is 0 Å². The van der Waals surface area contributed by atoms with E-state index in [0.29, 0.717) is 5.54 Å². The van der Waals surface area contributed by atoms with Crippen molar-refractivity contribution >= 4 is 0 Å². The van der Waals surface area contributed by atoms with Gasteiger partial charge >= 0.3 is 0 Å². The van der Waals surface area contributed by atoms with Gasteiger partial charge in [0, 0.05) is 17.8 Å². The van der Waals surface area contributed by atoms with Crippen LogP contribution in [0.25, 0.3) is 0 Å². The lowest BCUT2D eigenvalue weighted by molar-refractivity contribution is 0.0786. The topological polar surface area (TPSA) is 3.24 Å². The molecular formula is C10H17N. The fraction of sp³-hybridized carbons (Fsp3) is 0.800. The van der Waals surface area contributed by atoms with Crippen molar-refractivity contribution in [3.8, 4) is 0 Å². The molecule has 1 saturated heterocycles. The van der Waals surface area contributed by atoms with Crippen LogP contribution in [0.15, 0.2) is 12.3 Å². The Morgan fingerprint density at radius 3 is 2.45 bits per heavy atom. The van der Waals surface area contributed by atoms with Crippen molar-refractivity contribution in [3.63, 3.8) is 0 Å². The molecule has 1 saturated carbocycles. The van der Waals surface area contributed by atoms with E-state index in [1.54, 1.807) is 0 Å². The van der Waals surface area contributed by atoms with E-state index in [1.165, 1.54) is 44.3 Å². The predicted octanol–water partition coefficient (Wildman–Crippen LogP) is 2.54. The van der Waals surface area contributed by atoms with E-state index in [1.807, 2.05) is 0 Å². The molecule has 0 aromatic rings. The van der Waals surface area contributed by atoms with Crippen LogP contribution in [-0.4, -0.2) is 17.0 Å². The van der Waals surface area contributed by atoms with Crippen molar-refractivity contribution in [2.24, 2.45) is 0 Å². The van der Waals surface area contributed by atoms with Gasteiger partial charge in [0.1, 0.15) is 0 Å². The van der Waals surface area contributed by atoms with E-state index in [9.17, 15) is 0 Å². The maximum absolute atomic E-state index is 4.11. The molecule has 2 aliphatic rings. The molecule has 0 bridgehead atoms. The van der Waals surface area contributed by atoms with Crippen LogP contribution in [0.3, 0.4) is 0 Å². The van der Waals surface area contributed by atoms with Crippen LogP contribution >= 0.6 is 0 Å². The Hall–Kier alpha value is -0.460. The zero-order valence-corrected chi connectivity index (χ0v) is 7.40. The Bertz CT molecular complexity index is 179. The molecule has 0 spiro atoms. The first-order chi connectivity index (χ1) is 5.22. The molecule has 0 atom stereocenters. The van der Waals surface area contributed by atoms with Crippen molar-refractivity contribution < 1.29 is 0 Å². The van der Waals surface area contributed by atoms with Crippen molar-refractivity contribution in [2.45, 2.75) is 44.6 Å². The van der Waals surface area contributed by atoms with Gasteiger partial charge in [-0.3, -0.25) is 0 Å². The molecule has 1 heterocycles. The van der Waals surface area contributed by atoms with Crippen LogP contribution in [-0.2, 0) is 0 Å². The first kappa shape index (κ1) is 7.20. The highest BCUT2D eigenvalue weighted by Crippen LogP contribution is 2.41. The van der Waals surface area contributed by atoms with E-state index < -0.39 is 0 Å². The van der Waals surface area contributed by atoms with Crippen LogP contribution < -0.4 is 0 Å². The van der Waals surface area contributed by atoms with Crippen LogP contribution in [0, 0.1) is 0 Å². The molecule has 0 radical (unpaired) electrons. The van der Waals surface area contributed by atoms with Crippen LogP contribution in [0.1, 0.15) is 39.0 Å². The third-order valence-electron chi connectivity index (χ3n) is 3.31. The quantitative estimate of drug-likeness (QED) is 0.556. The van der Waals surface area contributed by atoms with E-state index >= 15 is 0 Å². The molecule has 0 unspecified atom stereocenters. The fourth-order valence-electron chi connectivity index (χ4n) is 2.34. The molecule has 11 heavy (non-hydrogen) atoms. The number of rotatable bonds is 1. The van der Waals surface area contributed by atoms with E-state index in [2.05, 4.69) is 18.4 Å². The highest BCUT2D eigenvalue weighted by molar-refractivity contribution is 5.09. The summed E-state index contributed by atoms with van der Waals surface area (Å²) in [5.41, 5.74) is 1.89. The fourth-order valence-corrected chi connectivity index (χ4v) is 2.34. The first-order valence-electron chi connectivity index (χ1n) is 4.68. The Morgan fingerprint density at radius 1 is 1.36 bits per heavy atom. The van der Waals surface area contributed by atoms with Gasteiger partial charge < -0.3 is 4.90 Å². The second-order valence-corrected chi connectivity index (χ2v) is 4.17. The normalized spacial score (nSPS) is 28.8. The zero-order valence-electron chi connectivity index (χ0n) is 7.40. The van der Waals surface area contributed by atoms with E-state index in [0.717, 1.165) is 0 Å². The average Bonchev–Trinajstić information content (AvgIpc) is 2.30. The van der Waals surface area contributed by atoms with Crippen molar-refractivity contribution in [2.75, 3.05) is 6.54 Å². The zero-order chi connectivity index (χ0) is 7.90. The summed E-state index contributed by atoms with van der Waals surface area (Å²) < 4.78 is 0. The highest BCUT2D eigenvalue weighted by atomic mass is 15.2. The van der Waals surface area contributed by atoms with Gasteiger partial charge in [-0.25, -0.2) is 0 Å². The molecule has 0 aromatic heterocycles. The minimum atomic E-state index is 0.508. The maximum atomic E-state index is 4.11. The lowest BCUT2D eigenvalue weighted by Crippen LogP contribution is -2.48. The first-order valence-corrected chi connectivity index (χ1v) is 4.68. The lowest BCUT2D eigenvalue weighted by atomic mass is 9.77. The van der Waals surface area contributed by atoms with Gasteiger partial charge in [-0.05, 0) is 39.0 Å². The molecular weight excluding hydrogens is 134 g/mol. The standard InChI is InChI=1S/C10H17N/c1-9-5-3-8-11(9)10(2)6-4-7-10/h1,3-8H2,2H3. The number of hydrogen-bond acceptors (Lipinski definition) is 1. The van der Waals surface area contributed by atoms with Gasteiger partial charge in [0.2, 0.25) is 0 Å². The Morgan fingerprint density at radius 2 is 2.09 bits per heavy atom. The molecule has 0 N–H and O–H groups in total.